The van der Waals surface area contributed by atoms with Crippen LogP contribution in [0.5, 0.6) is 0 Å². The molecule has 0 aliphatic heterocycles. The van der Waals surface area contributed by atoms with E-state index in [2.05, 4.69) is 27.6 Å². The van der Waals surface area contributed by atoms with E-state index in [1.807, 2.05) is 18.2 Å². The number of halogens is 1. The summed E-state index contributed by atoms with van der Waals surface area (Å²) in [5.41, 5.74) is 2.62. The molecule has 96 valence electrons. The molecule has 0 atom stereocenters. The zero-order valence-corrected chi connectivity index (χ0v) is 12.8. The summed E-state index contributed by atoms with van der Waals surface area (Å²) < 4.78 is 0.865. The average Bonchev–Trinajstić information content (AvgIpc) is 2.34. The Balaban J connectivity index is 2.40. The molecule has 0 heterocycles. The molecule has 1 aliphatic rings. The third-order valence-corrected chi connectivity index (χ3v) is 3.72. The van der Waals surface area contributed by atoms with Gasteiger partial charge >= 0.3 is 0 Å². The van der Waals surface area contributed by atoms with Crippen LogP contribution in [-0.4, -0.2) is 17.4 Å². The van der Waals surface area contributed by atoms with E-state index in [1.165, 1.54) is 12.2 Å². The van der Waals surface area contributed by atoms with Gasteiger partial charge in [-0.15, -0.1) is 0 Å². The predicted octanol–water partition coefficient (Wildman–Crippen LogP) is 3.35. The van der Waals surface area contributed by atoms with Crippen molar-refractivity contribution in [3.8, 4) is 0 Å². The number of allylic oxidation sites excluding steroid dienone is 4. The van der Waals surface area contributed by atoms with Crippen molar-refractivity contribution in [1.82, 2.24) is 0 Å². The molecule has 0 unspecified atom stereocenters. The summed E-state index contributed by atoms with van der Waals surface area (Å²) >= 11 is 2.11. The fourth-order valence-electron chi connectivity index (χ4n) is 1.89. The molecule has 19 heavy (non-hydrogen) atoms. The molecule has 0 saturated carbocycles. The zero-order chi connectivity index (χ0) is 14.0. The van der Waals surface area contributed by atoms with Crippen molar-refractivity contribution >= 4 is 40.0 Å². The van der Waals surface area contributed by atoms with Crippen LogP contribution in [0, 0.1) is 3.57 Å². The number of hydrogen-bond donors (Lipinski definition) is 0. The van der Waals surface area contributed by atoms with E-state index in [9.17, 15) is 9.59 Å². The Labute approximate surface area is 125 Å². The second-order valence-corrected chi connectivity index (χ2v) is 5.46. The van der Waals surface area contributed by atoms with E-state index in [0.717, 1.165) is 14.7 Å². The molecule has 1 aromatic carbocycles. The maximum atomic E-state index is 12.2. The molecular formula is C15H12INO2. The number of benzene rings is 1. The van der Waals surface area contributed by atoms with Gasteiger partial charge in [-0.25, -0.2) is 4.99 Å². The Morgan fingerprint density at radius 1 is 1.11 bits per heavy atom. The molecule has 0 saturated heterocycles. The van der Waals surface area contributed by atoms with E-state index >= 15 is 0 Å². The highest BCUT2D eigenvalue weighted by Gasteiger charge is 2.16. The van der Waals surface area contributed by atoms with Crippen LogP contribution in [0.25, 0.3) is 0 Å². The van der Waals surface area contributed by atoms with Crippen molar-refractivity contribution in [3.63, 3.8) is 0 Å². The smallest absolute Gasteiger partial charge is 0.278 e. The van der Waals surface area contributed by atoms with Gasteiger partial charge in [-0.05, 0) is 71.9 Å². The maximum Gasteiger partial charge on any atom is 0.278 e. The number of ketones is 1. The largest absolute Gasteiger partial charge is 0.290 e. The summed E-state index contributed by atoms with van der Waals surface area (Å²) in [6, 6.07) is 7.30. The van der Waals surface area contributed by atoms with Crippen LogP contribution in [0.15, 0.2) is 52.6 Å². The maximum absolute atomic E-state index is 12.2. The Morgan fingerprint density at radius 2 is 1.68 bits per heavy atom. The Kier molecular flexibility index (Phi) is 4.09. The third kappa shape index (κ3) is 3.07. The van der Waals surface area contributed by atoms with E-state index in [0.29, 0.717) is 11.3 Å². The molecule has 1 aromatic rings. The Hall–Kier alpha value is -1.56. The number of hydrogen-bond acceptors (Lipinski definition) is 2. The number of nitrogens with zero attached hydrogens (tertiary/aromatic N) is 1. The number of carbonyl (C=O) groups is 2. The van der Waals surface area contributed by atoms with Gasteiger partial charge < -0.3 is 0 Å². The molecule has 0 N–H and O–H groups in total. The van der Waals surface area contributed by atoms with E-state index in [4.69, 9.17) is 0 Å². The van der Waals surface area contributed by atoms with Gasteiger partial charge in [-0.1, -0.05) is 12.1 Å². The van der Waals surface area contributed by atoms with Crippen molar-refractivity contribution in [1.29, 1.82) is 0 Å². The molecule has 1 amide bonds. The average molecular weight is 365 g/mol. The second-order valence-electron chi connectivity index (χ2n) is 4.30. The van der Waals surface area contributed by atoms with Gasteiger partial charge in [-0.2, -0.15) is 0 Å². The minimum atomic E-state index is -0.283. The number of amides is 1. The zero-order valence-electron chi connectivity index (χ0n) is 10.6. The van der Waals surface area contributed by atoms with E-state index < -0.39 is 0 Å². The van der Waals surface area contributed by atoms with E-state index in [-0.39, 0.29) is 11.7 Å². The van der Waals surface area contributed by atoms with Crippen molar-refractivity contribution in [2.75, 3.05) is 0 Å². The van der Waals surface area contributed by atoms with Crippen LogP contribution in [0.2, 0.25) is 0 Å². The monoisotopic (exact) mass is 365 g/mol. The van der Waals surface area contributed by atoms with Crippen LogP contribution < -0.4 is 0 Å². The van der Waals surface area contributed by atoms with Crippen molar-refractivity contribution in [2.24, 2.45) is 4.99 Å². The van der Waals surface area contributed by atoms with Crippen LogP contribution >= 0.6 is 22.6 Å². The quantitative estimate of drug-likeness (QED) is 0.566. The molecule has 3 nitrogen and oxygen atoms in total. The highest BCUT2D eigenvalue weighted by Crippen LogP contribution is 2.17. The molecule has 0 bridgehead atoms. The molecule has 0 fully saturated rings. The van der Waals surface area contributed by atoms with Gasteiger partial charge in [-0.3, -0.25) is 9.59 Å². The summed E-state index contributed by atoms with van der Waals surface area (Å²) in [5, 5.41) is 0. The minimum Gasteiger partial charge on any atom is -0.290 e. The number of rotatable bonds is 1. The molecule has 1 aliphatic carbocycles. The molecule has 0 radical (unpaired) electrons. The summed E-state index contributed by atoms with van der Waals surface area (Å²) in [6.45, 7) is 3.58. The highest BCUT2D eigenvalue weighted by atomic mass is 127. The molecule has 0 spiro atoms. The molecule has 2 rings (SSSR count). The van der Waals surface area contributed by atoms with Gasteiger partial charge in [0.2, 0.25) is 0 Å². The minimum absolute atomic E-state index is 0.0595. The lowest BCUT2D eigenvalue weighted by atomic mass is 9.97. The van der Waals surface area contributed by atoms with Crippen LogP contribution in [0.1, 0.15) is 24.2 Å². The van der Waals surface area contributed by atoms with Gasteiger partial charge in [0.1, 0.15) is 0 Å². The topological polar surface area (TPSA) is 46.5 Å². The summed E-state index contributed by atoms with van der Waals surface area (Å²) in [5.74, 6) is -0.342. The Morgan fingerprint density at radius 3 is 2.26 bits per heavy atom. The fraction of sp³-hybridized carbons (Fsp3) is 0.133. The van der Waals surface area contributed by atoms with Crippen LogP contribution in [0.4, 0.5) is 0 Å². The lowest BCUT2D eigenvalue weighted by Gasteiger charge is -2.11. The number of carbonyl (C=O) groups excluding carboxylic acids is 2. The predicted molar refractivity (Wildman–Crippen MR) is 83.4 cm³/mol. The molecule has 0 aromatic heterocycles. The first-order valence-corrected chi connectivity index (χ1v) is 6.86. The van der Waals surface area contributed by atoms with Gasteiger partial charge in [0.15, 0.2) is 5.78 Å². The standard InChI is InChI=1S/C15H12INO2/c1-9-7-11(18)8-10(2)14(9)17-15(19)12-5-3-4-6-13(12)16/h3-8H,1-2H3. The highest BCUT2D eigenvalue weighted by molar-refractivity contribution is 14.1. The summed E-state index contributed by atoms with van der Waals surface area (Å²) in [4.78, 5) is 27.7. The summed E-state index contributed by atoms with van der Waals surface area (Å²) in [6.07, 6.45) is 2.99. The first-order chi connectivity index (χ1) is 8.99. The lowest BCUT2D eigenvalue weighted by Crippen LogP contribution is -2.13. The first-order valence-electron chi connectivity index (χ1n) is 5.78. The van der Waals surface area contributed by atoms with Crippen molar-refractivity contribution in [3.05, 3.63) is 56.7 Å². The SMILES string of the molecule is CC1=CC(=O)C=C(C)C1=NC(=O)c1ccccc1I. The number of aliphatic imine (C=N–C) groups is 1. The molecular weight excluding hydrogens is 353 g/mol. The van der Waals surface area contributed by atoms with E-state index in [1.54, 1.807) is 19.9 Å². The lowest BCUT2D eigenvalue weighted by molar-refractivity contribution is -0.110. The fourth-order valence-corrected chi connectivity index (χ4v) is 2.51. The van der Waals surface area contributed by atoms with Gasteiger partial charge in [0, 0.05) is 3.57 Å². The molecule has 4 heteroatoms. The Bertz CT molecular complexity index is 630. The third-order valence-electron chi connectivity index (χ3n) is 2.78. The van der Waals surface area contributed by atoms with Crippen LogP contribution in [-0.2, 0) is 4.79 Å². The van der Waals surface area contributed by atoms with Gasteiger partial charge in [0.25, 0.3) is 5.91 Å². The normalized spacial score (nSPS) is 14.9. The van der Waals surface area contributed by atoms with Crippen molar-refractivity contribution < 1.29 is 9.59 Å². The van der Waals surface area contributed by atoms with Crippen LogP contribution in [0.3, 0.4) is 0 Å². The van der Waals surface area contributed by atoms with Gasteiger partial charge in [0.05, 0.1) is 11.3 Å². The van der Waals surface area contributed by atoms with Crippen molar-refractivity contribution in [2.45, 2.75) is 13.8 Å². The first kappa shape index (κ1) is 13.9. The summed E-state index contributed by atoms with van der Waals surface area (Å²) in [7, 11) is 0. The second kappa shape index (κ2) is 5.61.